The van der Waals surface area contributed by atoms with Crippen LogP contribution in [-0.4, -0.2) is 24.2 Å². The fraction of sp³-hybridized carbons (Fsp3) is 0.462. The van der Waals surface area contributed by atoms with Crippen LogP contribution in [0.4, 0.5) is 0 Å². The van der Waals surface area contributed by atoms with Crippen LogP contribution in [-0.2, 0) is 4.79 Å². The molecule has 0 bridgehead atoms. The minimum Gasteiger partial charge on any atom is -0.494 e. The summed E-state index contributed by atoms with van der Waals surface area (Å²) in [5.41, 5.74) is 6.14. The number of ether oxygens (including phenoxy) is 1. The van der Waals surface area contributed by atoms with Gasteiger partial charge in [0.25, 0.3) is 0 Å². The van der Waals surface area contributed by atoms with Crippen LogP contribution in [0.1, 0.15) is 31.2 Å². The molecule has 0 aliphatic carbocycles. The van der Waals surface area contributed by atoms with Crippen LogP contribution in [0.2, 0.25) is 0 Å². The van der Waals surface area contributed by atoms with Crippen molar-refractivity contribution in [2.24, 2.45) is 5.73 Å². The molecule has 0 aliphatic rings. The number of hydrogen-bond donors (Lipinski definition) is 2. The van der Waals surface area contributed by atoms with Gasteiger partial charge in [0.2, 0.25) is 0 Å². The smallest absolute Gasteiger partial charge is 0.312 e. The molecule has 0 radical (unpaired) electrons. The number of carboxylic acids is 1. The molecule has 1 aromatic carbocycles. The lowest BCUT2D eigenvalue weighted by Gasteiger charge is -2.11. The Balaban J connectivity index is 2.63. The van der Waals surface area contributed by atoms with Crippen molar-refractivity contribution in [3.05, 3.63) is 29.8 Å². The van der Waals surface area contributed by atoms with Gasteiger partial charge in [-0.15, -0.1) is 0 Å². The summed E-state index contributed by atoms with van der Waals surface area (Å²) in [6, 6.07) is 7.09. The molecule has 17 heavy (non-hydrogen) atoms. The molecular weight excluding hydrogens is 218 g/mol. The topological polar surface area (TPSA) is 72.5 Å². The van der Waals surface area contributed by atoms with Crippen molar-refractivity contribution < 1.29 is 14.6 Å². The Morgan fingerprint density at radius 1 is 1.41 bits per heavy atom. The van der Waals surface area contributed by atoms with Gasteiger partial charge in [0.1, 0.15) is 5.75 Å². The maximum atomic E-state index is 10.9. The van der Waals surface area contributed by atoms with Crippen LogP contribution < -0.4 is 10.5 Å². The molecule has 1 rings (SSSR count). The number of carbonyl (C=O) groups is 1. The molecule has 94 valence electrons. The predicted molar refractivity (Wildman–Crippen MR) is 66.3 cm³/mol. The monoisotopic (exact) mass is 237 g/mol. The zero-order valence-corrected chi connectivity index (χ0v) is 10.1. The van der Waals surface area contributed by atoms with Crippen LogP contribution in [0, 0.1) is 0 Å². The van der Waals surface area contributed by atoms with E-state index in [-0.39, 0.29) is 6.54 Å². The highest BCUT2D eigenvalue weighted by Crippen LogP contribution is 2.19. The van der Waals surface area contributed by atoms with Crippen molar-refractivity contribution >= 4 is 5.97 Å². The SMILES string of the molecule is CCCCOc1ccc([C@@H](CN)C(=O)O)cc1. The Bertz CT molecular complexity index is 348. The average Bonchev–Trinajstić information content (AvgIpc) is 2.32. The van der Waals surface area contributed by atoms with Crippen LogP contribution >= 0.6 is 0 Å². The first-order valence-corrected chi connectivity index (χ1v) is 5.84. The standard InChI is InChI=1S/C13H19NO3/c1-2-3-8-17-11-6-4-10(5-7-11)12(9-14)13(15)16/h4-7,12H,2-3,8-9,14H2,1H3,(H,15,16)/t12-/m1/s1. The highest BCUT2D eigenvalue weighted by molar-refractivity contribution is 5.76. The third-order valence-corrected chi connectivity index (χ3v) is 2.58. The molecule has 0 saturated carbocycles. The van der Waals surface area contributed by atoms with E-state index in [0.29, 0.717) is 12.2 Å². The summed E-state index contributed by atoms with van der Waals surface area (Å²) in [6.45, 7) is 2.89. The van der Waals surface area contributed by atoms with Gasteiger partial charge in [-0.2, -0.15) is 0 Å². The van der Waals surface area contributed by atoms with E-state index in [0.717, 1.165) is 18.6 Å². The van der Waals surface area contributed by atoms with E-state index in [2.05, 4.69) is 6.92 Å². The summed E-state index contributed by atoms with van der Waals surface area (Å²) >= 11 is 0. The van der Waals surface area contributed by atoms with Gasteiger partial charge in [0.05, 0.1) is 12.5 Å². The van der Waals surface area contributed by atoms with Gasteiger partial charge in [-0.05, 0) is 24.1 Å². The minimum atomic E-state index is -0.896. The number of carboxylic acid groups (broad SMARTS) is 1. The Morgan fingerprint density at radius 3 is 2.53 bits per heavy atom. The summed E-state index contributed by atoms with van der Waals surface area (Å²) < 4.78 is 5.50. The Hall–Kier alpha value is -1.55. The first-order chi connectivity index (χ1) is 8.19. The maximum Gasteiger partial charge on any atom is 0.312 e. The fourth-order valence-corrected chi connectivity index (χ4v) is 1.51. The summed E-state index contributed by atoms with van der Waals surface area (Å²) in [5, 5.41) is 8.96. The fourth-order valence-electron chi connectivity index (χ4n) is 1.51. The van der Waals surface area contributed by atoms with Crippen molar-refractivity contribution in [2.75, 3.05) is 13.2 Å². The van der Waals surface area contributed by atoms with Gasteiger partial charge in [-0.1, -0.05) is 25.5 Å². The van der Waals surface area contributed by atoms with Crippen LogP contribution in [0.15, 0.2) is 24.3 Å². The molecule has 0 spiro atoms. The summed E-state index contributed by atoms with van der Waals surface area (Å²) in [5.74, 6) is -0.768. The van der Waals surface area contributed by atoms with Crippen molar-refractivity contribution in [1.82, 2.24) is 0 Å². The van der Waals surface area contributed by atoms with Gasteiger partial charge in [0, 0.05) is 6.54 Å². The highest BCUT2D eigenvalue weighted by atomic mass is 16.5. The number of unbranched alkanes of at least 4 members (excludes halogenated alkanes) is 1. The van der Waals surface area contributed by atoms with E-state index >= 15 is 0 Å². The van der Waals surface area contributed by atoms with Gasteiger partial charge in [-0.25, -0.2) is 0 Å². The molecule has 0 saturated heterocycles. The molecule has 0 fully saturated rings. The molecule has 4 nitrogen and oxygen atoms in total. The molecular formula is C13H19NO3. The predicted octanol–water partition coefficient (Wildman–Crippen LogP) is 1.99. The van der Waals surface area contributed by atoms with Gasteiger partial charge >= 0.3 is 5.97 Å². The van der Waals surface area contributed by atoms with E-state index in [1.165, 1.54) is 0 Å². The zero-order valence-electron chi connectivity index (χ0n) is 10.1. The van der Waals surface area contributed by atoms with E-state index in [1.54, 1.807) is 24.3 Å². The van der Waals surface area contributed by atoms with Gasteiger partial charge < -0.3 is 15.6 Å². The van der Waals surface area contributed by atoms with Gasteiger partial charge in [0.15, 0.2) is 0 Å². The summed E-state index contributed by atoms with van der Waals surface area (Å²) in [4.78, 5) is 10.9. The van der Waals surface area contributed by atoms with Crippen molar-refractivity contribution in [2.45, 2.75) is 25.7 Å². The average molecular weight is 237 g/mol. The van der Waals surface area contributed by atoms with E-state index in [1.807, 2.05) is 0 Å². The lowest BCUT2D eigenvalue weighted by atomic mass is 9.99. The molecule has 1 aromatic rings. The normalized spacial score (nSPS) is 12.1. The summed E-state index contributed by atoms with van der Waals surface area (Å²) in [6.07, 6.45) is 2.11. The largest absolute Gasteiger partial charge is 0.494 e. The van der Waals surface area contributed by atoms with Crippen LogP contribution in [0.5, 0.6) is 5.75 Å². The lowest BCUT2D eigenvalue weighted by Crippen LogP contribution is -2.20. The number of rotatable bonds is 7. The molecule has 3 N–H and O–H groups in total. The van der Waals surface area contributed by atoms with E-state index in [4.69, 9.17) is 15.6 Å². The first kappa shape index (κ1) is 13.5. The molecule has 0 aromatic heterocycles. The van der Waals surface area contributed by atoms with Crippen LogP contribution in [0.3, 0.4) is 0 Å². The Morgan fingerprint density at radius 2 is 2.06 bits per heavy atom. The van der Waals surface area contributed by atoms with Crippen LogP contribution in [0.25, 0.3) is 0 Å². The Kier molecular flexibility index (Phi) is 5.49. The molecule has 0 aliphatic heterocycles. The third-order valence-electron chi connectivity index (χ3n) is 2.58. The van der Waals surface area contributed by atoms with Crippen molar-refractivity contribution in [1.29, 1.82) is 0 Å². The van der Waals surface area contributed by atoms with Crippen molar-refractivity contribution in [3.8, 4) is 5.75 Å². The lowest BCUT2D eigenvalue weighted by molar-refractivity contribution is -0.138. The van der Waals surface area contributed by atoms with E-state index in [9.17, 15) is 4.79 Å². The molecule has 0 heterocycles. The number of nitrogens with two attached hydrogens (primary N) is 1. The molecule has 0 unspecified atom stereocenters. The Labute approximate surface area is 101 Å². The summed E-state index contributed by atoms with van der Waals surface area (Å²) in [7, 11) is 0. The third kappa shape index (κ3) is 4.07. The number of benzene rings is 1. The second kappa shape index (κ2) is 6.91. The number of hydrogen-bond acceptors (Lipinski definition) is 3. The quantitative estimate of drug-likeness (QED) is 0.711. The highest BCUT2D eigenvalue weighted by Gasteiger charge is 2.17. The zero-order chi connectivity index (χ0) is 12.7. The molecule has 0 amide bonds. The maximum absolute atomic E-state index is 10.9. The second-order valence-corrected chi connectivity index (χ2v) is 3.90. The van der Waals surface area contributed by atoms with Crippen molar-refractivity contribution in [3.63, 3.8) is 0 Å². The van der Waals surface area contributed by atoms with E-state index < -0.39 is 11.9 Å². The number of aliphatic carboxylic acids is 1. The second-order valence-electron chi connectivity index (χ2n) is 3.90. The molecule has 1 atom stereocenters. The molecule has 4 heteroatoms. The van der Waals surface area contributed by atoms with Gasteiger partial charge in [-0.3, -0.25) is 4.79 Å². The minimum absolute atomic E-state index is 0.103. The first-order valence-electron chi connectivity index (χ1n) is 5.84.